The lowest BCUT2D eigenvalue weighted by atomic mass is 9.94. The maximum atomic E-state index is 12.8. The number of hydrogen-bond acceptors (Lipinski definition) is 11. The summed E-state index contributed by atoms with van der Waals surface area (Å²) in [4.78, 5) is 59.8. The van der Waals surface area contributed by atoms with E-state index in [2.05, 4.69) is 30.7 Å². The van der Waals surface area contributed by atoms with Gasteiger partial charge in [-0.25, -0.2) is 10.0 Å². The van der Waals surface area contributed by atoms with Crippen LogP contribution in [0.25, 0.3) is 0 Å². The molecule has 3 aromatic rings. The topological polar surface area (TPSA) is 131 Å². The highest BCUT2D eigenvalue weighted by Crippen LogP contribution is 2.21. The molecule has 3 rings (SSSR count). The van der Waals surface area contributed by atoms with E-state index in [-0.39, 0.29) is 36.5 Å². The molecule has 1 aromatic heterocycles. The third-order valence-corrected chi connectivity index (χ3v) is 9.26. The van der Waals surface area contributed by atoms with E-state index in [1.54, 1.807) is 27.0 Å². The Morgan fingerprint density at radius 3 is 1.68 bits per heavy atom. The lowest BCUT2D eigenvalue weighted by molar-refractivity contribution is -0.177. The van der Waals surface area contributed by atoms with Crippen molar-refractivity contribution in [1.82, 2.24) is 10.0 Å². The molecule has 2 aromatic carbocycles. The molecule has 11 nitrogen and oxygen atoms in total. The summed E-state index contributed by atoms with van der Waals surface area (Å²) in [6.45, 7) is 17.2. The Kier molecular flexibility index (Phi) is 22.9. The summed E-state index contributed by atoms with van der Waals surface area (Å²) in [6.07, 6.45) is 5.03. The molecule has 12 heteroatoms. The second-order valence-electron chi connectivity index (χ2n) is 16.7. The summed E-state index contributed by atoms with van der Waals surface area (Å²) in [6, 6.07) is 19.8. The first kappa shape index (κ1) is 50.7. The van der Waals surface area contributed by atoms with Gasteiger partial charge in [-0.1, -0.05) is 74.5 Å². The molecule has 0 fully saturated rings. The van der Waals surface area contributed by atoms with Gasteiger partial charge in [0.25, 0.3) is 0 Å². The number of rotatable bonds is 21. The highest BCUT2D eigenvalue weighted by atomic mass is 32.1. The summed E-state index contributed by atoms with van der Waals surface area (Å²) >= 11 is 1.51. The van der Waals surface area contributed by atoms with Crippen LogP contribution in [0.3, 0.4) is 0 Å². The molecule has 59 heavy (non-hydrogen) atoms. The summed E-state index contributed by atoms with van der Waals surface area (Å²) in [7, 11) is 2.96. The van der Waals surface area contributed by atoms with E-state index in [0.717, 1.165) is 32.5 Å². The number of ketones is 1. The molecule has 0 aliphatic rings. The first-order valence-electron chi connectivity index (χ1n) is 20.3. The molecule has 0 N–H and O–H groups in total. The molecule has 0 bridgehead atoms. The van der Waals surface area contributed by atoms with Gasteiger partial charge in [-0.3, -0.25) is 24.0 Å². The number of benzene rings is 2. The number of ether oxygens (including phenoxy) is 4. The molecule has 324 valence electrons. The minimum atomic E-state index is -0.593. The van der Waals surface area contributed by atoms with Crippen molar-refractivity contribution in [2.75, 3.05) is 27.4 Å². The minimum Gasteiger partial charge on any atom is -0.460 e. The lowest BCUT2D eigenvalue weighted by Crippen LogP contribution is -2.35. The highest BCUT2D eigenvalue weighted by molar-refractivity contribution is 7.12. The number of hydroxylamine groups is 2. The first-order valence-corrected chi connectivity index (χ1v) is 21.2. The summed E-state index contributed by atoms with van der Waals surface area (Å²) in [5.41, 5.74) is 1.04. The molecule has 0 aliphatic heterocycles. The Bertz CT molecular complexity index is 1750. The van der Waals surface area contributed by atoms with Crippen molar-refractivity contribution < 1.29 is 43.0 Å². The first-order chi connectivity index (χ1) is 27.8. The lowest BCUT2D eigenvalue weighted by Gasteiger charge is -2.24. The Morgan fingerprint density at radius 2 is 1.22 bits per heavy atom. The molecular weight excluding hydrogens is 769 g/mol. The maximum absolute atomic E-state index is 12.8. The van der Waals surface area contributed by atoms with Gasteiger partial charge in [-0.2, -0.15) is 0 Å². The fourth-order valence-electron chi connectivity index (χ4n) is 5.58. The van der Waals surface area contributed by atoms with Crippen molar-refractivity contribution in [2.24, 2.45) is 17.8 Å². The van der Waals surface area contributed by atoms with Crippen LogP contribution >= 0.6 is 11.3 Å². The van der Waals surface area contributed by atoms with Crippen molar-refractivity contribution in [2.45, 2.75) is 125 Å². The molecule has 0 saturated carbocycles. The zero-order chi connectivity index (χ0) is 43.8. The molecule has 0 unspecified atom stereocenters. The predicted molar refractivity (Wildman–Crippen MR) is 231 cm³/mol. The van der Waals surface area contributed by atoms with Crippen molar-refractivity contribution in [1.29, 1.82) is 0 Å². The Hall–Kier alpha value is -4.41. The molecule has 0 radical (unpaired) electrons. The van der Waals surface area contributed by atoms with Gasteiger partial charge >= 0.3 is 11.9 Å². The normalized spacial score (nSPS) is 12.3. The fourth-order valence-corrected chi connectivity index (χ4v) is 6.57. The van der Waals surface area contributed by atoms with Crippen LogP contribution in [0.15, 0.2) is 66.9 Å². The van der Waals surface area contributed by atoms with Crippen LogP contribution in [-0.2, 0) is 62.6 Å². The van der Waals surface area contributed by atoms with Gasteiger partial charge < -0.3 is 18.9 Å². The van der Waals surface area contributed by atoms with E-state index in [0.29, 0.717) is 58.0 Å². The largest absolute Gasteiger partial charge is 0.460 e. The third kappa shape index (κ3) is 23.7. The monoisotopic (exact) mass is 834 g/mol. The molecular formula is C47H66N2O9S. The van der Waals surface area contributed by atoms with Crippen LogP contribution in [0.2, 0.25) is 0 Å². The maximum Gasteiger partial charge on any atom is 0.307 e. The highest BCUT2D eigenvalue weighted by Gasteiger charge is 2.28. The van der Waals surface area contributed by atoms with Gasteiger partial charge in [-0.15, -0.1) is 11.3 Å². The number of thiazole rings is 1. The van der Waals surface area contributed by atoms with E-state index in [1.807, 2.05) is 81.4 Å². The van der Waals surface area contributed by atoms with Crippen molar-refractivity contribution >= 4 is 35.0 Å². The van der Waals surface area contributed by atoms with Gasteiger partial charge in [0, 0.05) is 32.6 Å². The number of carbonyl (C=O) groups excluding carboxylic acids is 4. The van der Waals surface area contributed by atoms with E-state index < -0.39 is 23.0 Å². The Balaban J connectivity index is 0.000000419. The number of Topliss-reactive ketones (excluding diaryl/α,β-unsaturated/α-hetero) is 1. The fraction of sp³-hybridized carbons (Fsp3) is 0.553. The molecule has 1 amide bonds. The van der Waals surface area contributed by atoms with Gasteiger partial charge in [0.2, 0.25) is 11.7 Å². The second-order valence-corrected chi connectivity index (χ2v) is 17.8. The summed E-state index contributed by atoms with van der Waals surface area (Å²) in [5.74, 6) is 3.93. The average molecular weight is 835 g/mol. The summed E-state index contributed by atoms with van der Waals surface area (Å²) in [5, 5.41) is 2.17. The number of carbonyl (C=O) groups is 4. The van der Waals surface area contributed by atoms with E-state index in [4.69, 9.17) is 23.8 Å². The van der Waals surface area contributed by atoms with E-state index >= 15 is 0 Å². The third-order valence-electron chi connectivity index (χ3n) is 8.32. The van der Waals surface area contributed by atoms with Crippen molar-refractivity contribution in [3.8, 4) is 11.8 Å². The molecule has 0 aliphatic carbocycles. The number of hydrogen-bond donors (Lipinski definition) is 0. The number of aromatic nitrogens is 1. The second kappa shape index (κ2) is 26.6. The van der Waals surface area contributed by atoms with Gasteiger partial charge in [0.1, 0.15) is 11.2 Å². The smallest absolute Gasteiger partial charge is 0.307 e. The number of amides is 1. The summed E-state index contributed by atoms with van der Waals surface area (Å²) < 4.78 is 22.1. The van der Waals surface area contributed by atoms with Crippen LogP contribution < -0.4 is 0 Å². The molecule has 1 heterocycles. The Labute approximate surface area is 356 Å². The predicted octanol–water partition coefficient (Wildman–Crippen LogP) is 8.96. The van der Waals surface area contributed by atoms with Gasteiger partial charge in [0.05, 0.1) is 55.2 Å². The van der Waals surface area contributed by atoms with Crippen LogP contribution in [0.1, 0.15) is 115 Å². The molecule has 2 atom stereocenters. The quantitative estimate of drug-likeness (QED) is 0.0444. The zero-order valence-corrected chi connectivity index (χ0v) is 37.7. The zero-order valence-electron chi connectivity index (χ0n) is 36.8. The van der Waals surface area contributed by atoms with Gasteiger partial charge in [0.15, 0.2) is 0 Å². The van der Waals surface area contributed by atoms with E-state index in [1.165, 1.54) is 25.5 Å². The minimum absolute atomic E-state index is 0.0186. The van der Waals surface area contributed by atoms with Crippen molar-refractivity contribution in [3.63, 3.8) is 0 Å². The SMILES string of the molecule is CC(C)Cc1ncc(C#CC(=O)[C@@H](CCCOCc2ccccc2)CC(=O)OC(C)(C)C)s1.CON(C)C(=O)[C@@H](CCCOCc1ccccc1)CC(=O)OC(C)(C)C. The van der Waals surface area contributed by atoms with Gasteiger partial charge in [-0.05, 0) is 96.1 Å². The Morgan fingerprint density at radius 1 is 0.746 bits per heavy atom. The molecule has 0 saturated heterocycles. The van der Waals surface area contributed by atoms with E-state index in [9.17, 15) is 19.2 Å². The molecule has 0 spiro atoms. The van der Waals surface area contributed by atoms with Crippen LogP contribution in [0, 0.1) is 29.6 Å². The van der Waals surface area contributed by atoms with Crippen LogP contribution in [-0.4, -0.2) is 72.2 Å². The number of esters is 2. The average Bonchev–Trinajstić information content (AvgIpc) is 3.61. The standard InChI is InChI=1S/C27H35NO4S.C20H31NO5/c1-20(2)16-25-28-18-23(33-25)13-14-24(29)22(17-26(30)32-27(3,4)5)12-9-15-31-19-21-10-7-6-8-11-21;1-20(2,3)26-18(22)14-17(19(23)21(4)24-5)12-9-13-25-15-16-10-7-6-8-11-16/h6-8,10-11,18,20,22H,9,12,15-17,19H2,1-5H3;6-8,10-11,17H,9,12-15H2,1-5H3/t22-;17-/m00/s1. The number of nitrogens with zero attached hydrogens (tertiary/aromatic N) is 2. The van der Waals surface area contributed by atoms with Crippen LogP contribution in [0.5, 0.6) is 0 Å². The van der Waals surface area contributed by atoms with Crippen LogP contribution in [0.4, 0.5) is 0 Å². The van der Waals surface area contributed by atoms with Crippen molar-refractivity contribution in [3.05, 3.63) is 87.9 Å².